The van der Waals surface area contributed by atoms with Crippen molar-refractivity contribution in [3.8, 4) is 5.75 Å². The van der Waals surface area contributed by atoms with Crippen LogP contribution < -0.4 is 14.4 Å². The second-order valence-corrected chi connectivity index (χ2v) is 10.1. The van der Waals surface area contributed by atoms with E-state index in [9.17, 15) is 18.0 Å². The van der Waals surface area contributed by atoms with Gasteiger partial charge in [-0.15, -0.1) is 0 Å². The van der Waals surface area contributed by atoms with Crippen LogP contribution in [-0.4, -0.2) is 40.6 Å². The first-order valence-electron chi connectivity index (χ1n) is 10.3. The molecule has 34 heavy (non-hydrogen) atoms. The highest BCUT2D eigenvalue weighted by molar-refractivity contribution is 9.10. The molecule has 3 aromatic rings. The number of ether oxygens (including phenoxy) is 2. The van der Waals surface area contributed by atoms with Crippen LogP contribution in [0.25, 0.3) is 0 Å². The van der Waals surface area contributed by atoms with Gasteiger partial charge in [-0.1, -0.05) is 30.3 Å². The van der Waals surface area contributed by atoms with Crippen LogP contribution in [0, 0.1) is 0 Å². The van der Waals surface area contributed by atoms with Gasteiger partial charge in [0.25, 0.3) is 15.9 Å². The van der Waals surface area contributed by atoms with Crippen molar-refractivity contribution < 1.29 is 27.5 Å². The fourth-order valence-corrected chi connectivity index (χ4v) is 5.56. The highest BCUT2D eigenvalue weighted by Crippen LogP contribution is 2.34. The summed E-state index contributed by atoms with van der Waals surface area (Å²) in [5.74, 6) is -1.29. The number of rotatable bonds is 7. The summed E-state index contributed by atoms with van der Waals surface area (Å²) in [6.07, 6.45) is 0.604. The molecule has 1 aliphatic heterocycles. The molecule has 1 amide bonds. The third-order valence-electron chi connectivity index (χ3n) is 5.31. The number of nitrogens with one attached hydrogen (secondary N) is 1. The van der Waals surface area contributed by atoms with Crippen LogP contribution in [0.4, 0.5) is 11.4 Å². The number of para-hydroxylation sites is 2. The second-order valence-electron chi connectivity index (χ2n) is 7.42. The van der Waals surface area contributed by atoms with Crippen molar-refractivity contribution in [3.63, 3.8) is 0 Å². The molecule has 0 atom stereocenters. The summed E-state index contributed by atoms with van der Waals surface area (Å²) in [7, 11) is -2.57. The van der Waals surface area contributed by atoms with E-state index in [-0.39, 0.29) is 16.2 Å². The Bertz CT molecular complexity index is 1360. The van der Waals surface area contributed by atoms with Crippen LogP contribution in [-0.2, 0) is 26.0 Å². The molecule has 0 radical (unpaired) electrons. The number of hydrogen-bond acceptors (Lipinski definition) is 6. The monoisotopic (exact) mass is 544 g/mol. The normalized spacial score (nSPS) is 12.7. The summed E-state index contributed by atoms with van der Waals surface area (Å²) in [5.41, 5.74) is 1.99. The zero-order chi connectivity index (χ0) is 24.3. The predicted octanol–water partition coefficient (Wildman–Crippen LogP) is 4.00. The molecule has 10 heteroatoms. The molecule has 0 saturated carbocycles. The van der Waals surface area contributed by atoms with Crippen molar-refractivity contribution in [1.29, 1.82) is 0 Å². The van der Waals surface area contributed by atoms with Crippen molar-refractivity contribution in [1.82, 2.24) is 0 Å². The average Bonchev–Trinajstić information content (AvgIpc) is 3.28. The van der Waals surface area contributed by atoms with Gasteiger partial charge in [0.05, 0.1) is 23.4 Å². The zero-order valence-electron chi connectivity index (χ0n) is 18.2. The van der Waals surface area contributed by atoms with E-state index in [1.165, 1.54) is 29.6 Å². The number of benzene rings is 3. The minimum Gasteiger partial charge on any atom is -0.496 e. The molecule has 1 aliphatic rings. The van der Waals surface area contributed by atoms with Gasteiger partial charge in [-0.05, 0) is 64.3 Å². The quantitative estimate of drug-likeness (QED) is 0.451. The summed E-state index contributed by atoms with van der Waals surface area (Å²) < 4.78 is 39.0. The van der Waals surface area contributed by atoms with E-state index >= 15 is 0 Å². The van der Waals surface area contributed by atoms with Gasteiger partial charge < -0.3 is 14.8 Å². The molecule has 3 aromatic carbocycles. The standard InChI is InChI=1S/C24H21BrN2O6S/c1-32-22-11-10-17(34(30,31)27-13-12-16-6-2-5-9-21(16)27)14-18(22)24(29)33-15-23(28)26-20-8-4-3-7-19(20)25/h2-11,14H,12-13,15H2,1H3,(H,26,28). The Morgan fingerprint density at radius 3 is 2.56 bits per heavy atom. The summed E-state index contributed by atoms with van der Waals surface area (Å²) in [6.45, 7) is -0.248. The highest BCUT2D eigenvalue weighted by Gasteiger charge is 2.32. The van der Waals surface area contributed by atoms with Crippen molar-refractivity contribution in [3.05, 3.63) is 82.3 Å². The molecule has 0 aliphatic carbocycles. The Morgan fingerprint density at radius 1 is 1.06 bits per heavy atom. The minimum absolute atomic E-state index is 0.0744. The Morgan fingerprint density at radius 2 is 1.79 bits per heavy atom. The van der Waals surface area contributed by atoms with E-state index in [4.69, 9.17) is 9.47 Å². The highest BCUT2D eigenvalue weighted by atomic mass is 79.9. The molecule has 0 fully saturated rings. The Labute approximate surface area is 205 Å². The Kier molecular flexibility index (Phi) is 6.90. The van der Waals surface area contributed by atoms with Crippen LogP contribution in [0.2, 0.25) is 0 Å². The molecule has 1 heterocycles. The van der Waals surface area contributed by atoms with E-state index in [1.54, 1.807) is 36.4 Å². The van der Waals surface area contributed by atoms with Gasteiger partial charge in [-0.2, -0.15) is 0 Å². The van der Waals surface area contributed by atoms with Gasteiger partial charge in [0.2, 0.25) is 0 Å². The molecular weight excluding hydrogens is 524 g/mol. The van der Waals surface area contributed by atoms with Gasteiger partial charge >= 0.3 is 5.97 Å². The van der Waals surface area contributed by atoms with Crippen LogP contribution in [0.1, 0.15) is 15.9 Å². The minimum atomic E-state index is -3.92. The molecule has 1 N–H and O–H groups in total. The molecule has 0 bridgehead atoms. The van der Waals surface area contributed by atoms with Gasteiger partial charge in [0.15, 0.2) is 6.61 Å². The van der Waals surface area contributed by atoms with Crippen LogP contribution in [0.5, 0.6) is 5.75 Å². The number of nitrogens with zero attached hydrogens (tertiary/aromatic N) is 1. The lowest BCUT2D eigenvalue weighted by atomic mass is 10.2. The van der Waals surface area contributed by atoms with Gasteiger partial charge in [0.1, 0.15) is 11.3 Å². The molecule has 8 nitrogen and oxygen atoms in total. The van der Waals surface area contributed by atoms with E-state index in [0.717, 1.165) is 5.56 Å². The maximum atomic E-state index is 13.3. The van der Waals surface area contributed by atoms with Gasteiger partial charge in [-0.25, -0.2) is 13.2 Å². The number of methoxy groups -OCH3 is 1. The maximum absolute atomic E-state index is 13.3. The molecule has 4 rings (SSSR count). The smallest absolute Gasteiger partial charge is 0.342 e. The number of esters is 1. The lowest BCUT2D eigenvalue weighted by Crippen LogP contribution is -2.29. The molecule has 0 saturated heterocycles. The maximum Gasteiger partial charge on any atom is 0.342 e. The first-order valence-corrected chi connectivity index (χ1v) is 12.5. The summed E-state index contributed by atoms with van der Waals surface area (Å²) in [6, 6.07) is 18.3. The number of hydrogen-bond donors (Lipinski definition) is 1. The number of anilines is 2. The molecule has 176 valence electrons. The van der Waals surface area contributed by atoms with E-state index in [2.05, 4.69) is 21.2 Å². The Hall–Kier alpha value is -3.37. The number of sulfonamides is 1. The molecule has 0 unspecified atom stereocenters. The SMILES string of the molecule is COc1ccc(S(=O)(=O)N2CCc3ccccc32)cc1C(=O)OCC(=O)Nc1ccccc1Br. The van der Waals surface area contributed by atoms with Crippen LogP contribution in [0.15, 0.2) is 76.1 Å². The summed E-state index contributed by atoms with van der Waals surface area (Å²) in [5, 5.41) is 2.63. The van der Waals surface area contributed by atoms with Crippen molar-refractivity contribution in [2.75, 3.05) is 29.9 Å². The number of carbonyl (C=O) groups excluding carboxylic acids is 2. The van der Waals surface area contributed by atoms with Crippen molar-refractivity contribution in [2.45, 2.75) is 11.3 Å². The third-order valence-corrected chi connectivity index (χ3v) is 7.81. The Balaban J connectivity index is 1.53. The first-order chi connectivity index (χ1) is 16.3. The molecule has 0 aromatic heterocycles. The predicted molar refractivity (Wildman–Crippen MR) is 131 cm³/mol. The second kappa shape index (κ2) is 9.86. The molecular formula is C24H21BrN2O6S. The first kappa shape index (κ1) is 23.8. The number of carbonyl (C=O) groups is 2. The largest absolute Gasteiger partial charge is 0.496 e. The number of halogens is 1. The van der Waals surface area contributed by atoms with Crippen molar-refractivity contribution >= 4 is 49.2 Å². The van der Waals surface area contributed by atoms with Crippen molar-refractivity contribution in [2.24, 2.45) is 0 Å². The lowest BCUT2D eigenvalue weighted by molar-refractivity contribution is -0.119. The molecule has 0 spiro atoms. The van der Waals surface area contributed by atoms with Crippen LogP contribution >= 0.6 is 15.9 Å². The van der Waals surface area contributed by atoms with E-state index in [1.807, 2.05) is 12.1 Å². The summed E-state index contributed by atoms with van der Waals surface area (Å²) in [4.78, 5) is 24.9. The zero-order valence-corrected chi connectivity index (χ0v) is 20.6. The van der Waals surface area contributed by atoms with Gasteiger partial charge in [0, 0.05) is 11.0 Å². The third kappa shape index (κ3) is 4.78. The fraction of sp³-hybridized carbons (Fsp3) is 0.167. The fourth-order valence-electron chi connectivity index (χ4n) is 3.65. The topological polar surface area (TPSA) is 102 Å². The average molecular weight is 545 g/mol. The van der Waals surface area contributed by atoms with Gasteiger partial charge in [-0.3, -0.25) is 9.10 Å². The van der Waals surface area contributed by atoms with E-state index in [0.29, 0.717) is 28.8 Å². The van der Waals surface area contributed by atoms with E-state index < -0.39 is 28.5 Å². The number of fused-ring (bicyclic) bond motifs is 1. The lowest BCUT2D eigenvalue weighted by Gasteiger charge is -2.20. The number of amides is 1. The van der Waals surface area contributed by atoms with Crippen LogP contribution in [0.3, 0.4) is 0 Å². The summed E-state index contributed by atoms with van der Waals surface area (Å²) >= 11 is 3.33.